The van der Waals surface area contributed by atoms with Gasteiger partial charge in [-0.3, -0.25) is 0 Å². The predicted octanol–water partition coefficient (Wildman–Crippen LogP) is 1.75. The second kappa shape index (κ2) is 4.62. The van der Waals surface area contributed by atoms with Gasteiger partial charge in [-0.15, -0.1) is 0 Å². The summed E-state index contributed by atoms with van der Waals surface area (Å²) in [6, 6.07) is 1.88. The zero-order chi connectivity index (χ0) is 9.80. The van der Waals surface area contributed by atoms with Crippen LogP contribution in [0.4, 0.5) is 0 Å². The third-order valence-electron chi connectivity index (χ3n) is 2.67. The van der Waals surface area contributed by atoms with E-state index in [9.17, 15) is 5.11 Å². The summed E-state index contributed by atoms with van der Waals surface area (Å²) in [5, 5.41) is 9.88. The maximum Gasteiger partial charge on any atom is 0.0935 e. The molecule has 14 heavy (non-hydrogen) atoms. The fourth-order valence-corrected chi connectivity index (χ4v) is 1.85. The van der Waals surface area contributed by atoms with Crippen molar-refractivity contribution in [3.05, 3.63) is 24.2 Å². The zero-order valence-electron chi connectivity index (χ0n) is 8.19. The standard InChI is InChI=1S/C11H16O3/c12-10(7-9-4-6-13-8-9)11-3-1-2-5-14-11/h4,6,8,10-12H,1-3,5,7H2. The molecule has 2 heterocycles. The molecule has 78 valence electrons. The first-order valence-electron chi connectivity index (χ1n) is 5.17. The van der Waals surface area contributed by atoms with E-state index in [2.05, 4.69) is 0 Å². The minimum Gasteiger partial charge on any atom is -0.472 e. The van der Waals surface area contributed by atoms with Crippen molar-refractivity contribution in [1.82, 2.24) is 0 Å². The molecule has 0 radical (unpaired) electrons. The quantitative estimate of drug-likeness (QED) is 0.800. The van der Waals surface area contributed by atoms with Crippen LogP contribution in [0.25, 0.3) is 0 Å². The zero-order valence-corrected chi connectivity index (χ0v) is 8.19. The van der Waals surface area contributed by atoms with Gasteiger partial charge in [0.05, 0.1) is 24.7 Å². The number of ether oxygens (including phenoxy) is 1. The van der Waals surface area contributed by atoms with Gasteiger partial charge in [0, 0.05) is 13.0 Å². The van der Waals surface area contributed by atoms with Gasteiger partial charge in [0.25, 0.3) is 0 Å². The van der Waals surface area contributed by atoms with E-state index in [4.69, 9.17) is 9.15 Å². The first-order chi connectivity index (χ1) is 6.86. The van der Waals surface area contributed by atoms with Crippen LogP contribution < -0.4 is 0 Å². The highest BCUT2D eigenvalue weighted by Gasteiger charge is 2.22. The van der Waals surface area contributed by atoms with Gasteiger partial charge in [-0.1, -0.05) is 0 Å². The Hall–Kier alpha value is -0.800. The molecule has 2 unspecified atom stereocenters. The topological polar surface area (TPSA) is 42.6 Å². The summed E-state index contributed by atoms with van der Waals surface area (Å²) >= 11 is 0. The fourth-order valence-electron chi connectivity index (χ4n) is 1.85. The Morgan fingerprint density at radius 3 is 3.07 bits per heavy atom. The first-order valence-corrected chi connectivity index (χ1v) is 5.17. The minimum absolute atomic E-state index is 0.0126. The number of hydrogen-bond acceptors (Lipinski definition) is 3. The molecule has 3 heteroatoms. The lowest BCUT2D eigenvalue weighted by Gasteiger charge is -2.26. The monoisotopic (exact) mass is 196 g/mol. The predicted molar refractivity (Wildman–Crippen MR) is 52.0 cm³/mol. The van der Waals surface area contributed by atoms with E-state index in [1.54, 1.807) is 12.5 Å². The van der Waals surface area contributed by atoms with E-state index in [0.717, 1.165) is 31.4 Å². The average Bonchev–Trinajstić information content (AvgIpc) is 2.72. The lowest BCUT2D eigenvalue weighted by atomic mass is 10.00. The Bertz CT molecular complexity index is 250. The van der Waals surface area contributed by atoms with Gasteiger partial charge in [0.2, 0.25) is 0 Å². The van der Waals surface area contributed by atoms with Gasteiger partial charge in [0.1, 0.15) is 0 Å². The van der Waals surface area contributed by atoms with Crippen LogP contribution in [0.2, 0.25) is 0 Å². The van der Waals surface area contributed by atoms with Crippen LogP contribution in [-0.4, -0.2) is 23.9 Å². The van der Waals surface area contributed by atoms with Crippen molar-refractivity contribution >= 4 is 0 Å². The number of aliphatic hydroxyl groups excluding tert-OH is 1. The van der Waals surface area contributed by atoms with Crippen LogP contribution in [0.1, 0.15) is 24.8 Å². The Kier molecular flexibility index (Phi) is 3.22. The van der Waals surface area contributed by atoms with Crippen LogP contribution >= 0.6 is 0 Å². The van der Waals surface area contributed by atoms with E-state index >= 15 is 0 Å². The maximum absolute atomic E-state index is 9.88. The van der Waals surface area contributed by atoms with Crippen LogP contribution in [0.5, 0.6) is 0 Å². The third kappa shape index (κ3) is 2.36. The summed E-state index contributed by atoms with van der Waals surface area (Å²) in [7, 11) is 0. The van der Waals surface area contributed by atoms with Gasteiger partial charge in [-0.25, -0.2) is 0 Å². The molecule has 1 aliphatic heterocycles. The van der Waals surface area contributed by atoms with Gasteiger partial charge in [-0.2, -0.15) is 0 Å². The fraction of sp³-hybridized carbons (Fsp3) is 0.636. The molecule has 2 atom stereocenters. The summed E-state index contributed by atoms with van der Waals surface area (Å²) in [6.07, 6.45) is 6.80. The van der Waals surface area contributed by atoms with E-state index in [1.165, 1.54) is 0 Å². The molecule has 0 aliphatic carbocycles. The van der Waals surface area contributed by atoms with Gasteiger partial charge < -0.3 is 14.3 Å². The molecule has 0 spiro atoms. The van der Waals surface area contributed by atoms with Crippen molar-refractivity contribution in [3.63, 3.8) is 0 Å². The summed E-state index contributed by atoms with van der Waals surface area (Å²) in [4.78, 5) is 0. The third-order valence-corrected chi connectivity index (χ3v) is 2.67. The second-order valence-corrected chi connectivity index (χ2v) is 3.81. The molecule has 0 bridgehead atoms. The molecule has 1 aliphatic rings. The molecule has 2 rings (SSSR count). The molecular formula is C11H16O3. The number of furan rings is 1. The highest BCUT2D eigenvalue weighted by atomic mass is 16.5. The minimum atomic E-state index is -0.395. The van der Waals surface area contributed by atoms with Crippen LogP contribution in [0, 0.1) is 0 Å². The summed E-state index contributed by atoms with van der Waals surface area (Å²) < 4.78 is 10.5. The summed E-state index contributed by atoms with van der Waals surface area (Å²) in [5.74, 6) is 0. The van der Waals surface area contributed by atoms with Gasteiger partial charge >= 0.3 is 0 Å². The number of aliphatic hydroxyl groups is 1. The smallest absolute Gasteiger partial charge is 0.0935 e. The van der Waals surface area contributed by atoms with Crippen molar-refractivity contribution in [2.24, 2.45) is 0 Å². The van der Waals surface area contributed by atoms with Crippen molar-refractivity contribution in [3.8, 4) is 0 Å². The lowest BCUT2D eigenvalue weighted by Crippen LogP contribution is -2.33. The molecule has 1 aromatic heterocycles. The lowest BCUT2D eigenvalue weighted by molar-refractivity contribution is -0.0611. The summed E-state index contributed by atoms with van der Waals surface area (Å²) in [5.41, 5.74) is 1.03. The Morgan fingerprint density at radius 2 is 2.43 bits per heavy atom. The van der Waals surface area contributed by atoms with E-state index < -0.39 is 6.10 Å². The molecule has 0 amide bonds. The Morgan fingerprint density at radius 1 is 1.50 bits per heavy atom. The van der Waals surface area contributed by atoms with Gasteiger partial charge in [0.15, 0.2) is 0 Å². The van der Waals surface area contributed by atoms with E-state index in [1.807, 2.05) is 6.07 Å². The van der Waals surface area contributed by atoms with Crippen molar-refractivity contribution in [2.75, 3.05) is 6.61 Å². The normalized spacial score (nSPS) is 24.8. The van der Waals surface area contributed by atoms with Crippen molar-refractivity contribution in [2.45, 2.75) is 37.9 Å². The highest BCUT2D eigenvalue weighted by Crippen LogP contribution is 2.18. The van der Waals surface area contributed by atoms with Crippen LogP contribution in [0.15, 0.2) is 23.0 Å². The Labute approximate surface area is 83.7 Å². The average molecular weight is 196 g/mol. The van der Waals surface area contributed by atoms with E-state index in [-0.39, 0.29) is 6.10 Å². The van der Waals surface area contributed by atoms with Crippen LogP contribution in [0.3, 0.4) is 0 Å². The number of rotatable bonds is 3. The SMILES string of the molecule is OC(Cc1ccoc1)C1CCCCO1. The largest absolute Gasteiger partial charge is 0.472 e. The molecule has 1 aromatic rings. The van der Waals surface area contributed by atoms with E-state index in [0.29, 0.717) is 6.42 Å². The molecule has 0 saturated carbocycles. The molecule has 0 aromatic carbocycles. The first kappa shape index (κ1) is 9.74. The second-order valence-electron chi connectivity index (χ2n) is 3.81. The maximum atomic E-state index is 9.88. The van der Waals surface area contributed by atoms with Crippen LogP contribution in [-0.2, 0) is 11.2 Å². The molecule has 3 nitrogen and oxygen atoms in total. The van der Waals surface area contributed by atoms with Crippen molar-refractivity contribution in [1.29, 1.82) is 0 Å². The molecule has 1 N–H and O–H groups in total. The highest BCUT2D eigenvalue weighted by molar-refractivity contribution is 5.07. The number of hydrogen-bond donors (Lipinski definition) is 1. The molecule has 1 saturated heterocycles. The summed E-state index contributed by atoms with van der Waals surface area (Å²) in [6.45, 7) is 0.785. The molecular weight excluding hydrogens is 180 g/mol. The molecule has 1 fully saturated rings. The van der Waals surface area contributed by atoms with Gasteiger partial charge in [-0.05, 0) is 30.9 Å². The Balaban J connectivity index is 1.85. The van der Waals surface area contributed by atoms with Crippen molar-refractivity contribution < 1.29 is 14.3 Å².